The minimum atomic E-state index is -3.51. The van der Waals surface area contributed by atoms with Crippen LogP contribution in [0.5, 0.6) is 0 Å². The second kappa shape index (κ2) is 9.07. The molecule has 0 radical (unpaired) electrons. The summed E-state index contributed by atoms with van der Waals surface area (Å²) in [5, 5.41) is 0. The number of nitrogens with zero attached hydrogens (tertiary/aromatic N) is 3. The Bertz CT molecular complexity index is 1110. The molecule has 1 unspecified atom stereocenters. The molecule has 158 valence electrons. The number of esters is 1. The summed E-state index contributed by atoms with van der Waals surface area (Å²) in [5.41, 5.74) is 0.751. The van der Waals surface area contributed by atoms with Gasteiger partial charge in [0, 0.05) is 11.0 Å². The molecule has 0 N–H and O–H groups in total. The van der Waals surface area contributed by atoms with Crippen LogP contribution in [-0.2, 0) is 30.9 Å². The van der Waals surface area contributed by atoms with Gasteiger partial charge < -0.3 is 9.30 Å². The van der Waals surface area contributed by atoms with Crippen LogP contribution >= 0.6 is 27.3 Å². The number of halogens is 1. The first-order valence-corrected chi connectivity index (χ1v) is 12.7. The zero-order valence-electron chi connectivity index (χ0n) is 16.1. The number of piperidine rings is 1. The second-order valence-electron chi connectivity index (χ2n) is 6.72. The Morgan fingerprint density at radius 1 is 1.34 bits per heavy atom. The number of hydrogen-bond donors (Lipinski definition) is 0. The van der Waals surface area contributed by atoms with Crippen molar-refractivity contribution < 1.29 is 22.7 Å². The lowest BCUT2D eigenvalue weighted by atomic mass is 10.0. The van der Waals surface area contributed by atoms with Crippen LogP contribution in [0.2, 0.25) is 0 Å². The van der Waals surface area contributed by atoms with Gasteiger partial charge in [-0.3, -0.25) is 9.59 Å². The maximum Gasteiger partial charge on any atom is 0.326 e. The normalized spacial score (nSPS) is 18.9. The zero-order chi connectivity index (χ0) is 21.2. The van der Waals surface area contributed by atoms with Crippen molar-refractivity contribution in [3.05, 3.63) is 27.5 Å². The standard InChI is InChI=1S/C18H22BrN3O5S2/c1-3-27-16(23)11-21-13-8-7-12(19)10-15(13)28-18(21)20-17(24)14-6-4-5-9-22(14)29(2,25)26/h7-8,10,14H,3-6,9,11H2,1-2H3. The number of aromatic nitrogens is 1. The Hall–Kier alpha value is -1.56. The van der Waals surface area contributed by atoms with Crippen LogP contribution < -0.4 is 4.80 Å². The summed E-state index contributed by atoms with van der Waals surface area (Å²) >= 11 is 4.69. The molecule has 29 heavy (non-hydrogen) atoms. The summed E-state index contributed by atoms with van der Waals surface area (Å²) in [6, 6.07) is 4.75. The van der Waals surface area contributed by atoms with Crippen LogP contribution in [0.4, 0.5) is 0 Å². The van der Waals surface area contributed by atoms with E-state index in [1.54, 1.807) is 11.5 Å². The summed E-state index contributed by atoms with van der Waals surface area (Å²) in [6.45, 7) is 2.21. The molecule has 0 saturated carbocycles. The predicted molar refractivity (Wildman–Crippen MR) is 114 cm³/mol. The van der Waals surface area contributed by atoms with Crippen LogP contribution in [-0.4, -0.2) is 54.6 Å². The smallest absolute Gasteiger partial charge is 0.326 e. The first kappa shape index (κ1) is 22.1. The van der Waals surface area contributed by atoms with Gasteiger partial charge in [0.15, 0.2) is 4.80 Å². The third-order valence-electron chi connectivity index (χ3n) is 4.61. The van der Waals surface area contributed by atoms with Crippen molar-refractivity contribution in [2.75, 3.05) is 19.4 Å². The van der Waals surface area contributed by atoms with Crippen molar-refractivity contribution in [3.8, 4) is 0 Å². The van der Waals surface area contributed by atoms with Gasteiger partial charge in [0.05, 0.1) is 23.1 Å². The van der Waals surface area contributed by atoms with E-state index in [0.29, 0.717) is 17.8 Å². The maximum absolute atomic E-state index is 12.9. The summed E-state index contributed by atoms with van der Waals surface area (Å²) in [4.78, 5) is 29.6. The van der Waals surface area contributed by atoms with E-state index in [1.165, 1.54) is 15.6 Å². The number of carbonyl (C=O) groups excluding carboxylic acids is 2. The highest BCUT2D eigenvalue weighted by Gasteiger charge is 2.34. The fourth-order valence-electron chi connectivity index (χ4n) is 3.34. The van der Waals surface area contributed by atoms with Gasteiger partial charge in [0.25, 0.3) is 5.91 Å². The van der Waals surface area contributed by atoms with Gasteiger partial charge in [-0.25, -0.2) is 8.42 Å². The fraction of sp³-hybridized carbons (Fsp3) is 0.500. The first-order chi connectivity index (χ1) is 13.7. The van der Waals surface area contributed by atoms with Crippen LogP contribution in [0.1, 0.15) is 26.2 Å². The second-order valence-corrected chi connectivity index (χ2v) is 10.6. The molecule has 1 amide bonds. The van der Waals surface area contributed by atoms with E-state index in [2.05, 4.69) is 20.9 Å². The molecule has 1 aliphatic rings. The largest absolute Gasteiger partial charge is 0.465 e. The van der Waals surface area contributed by atoms with Gasteiger partial charge in [-0.2, -0.15) is 9.30 Å². The summed E-state index contributed by atoms with van der Waals surface area (Å²) in [6.07, 6.45) is 3.02. The van der Waals surface area contributed by atoms with Crippen LogP contribution in [0.3, 0.4) is 0 Å². The predicted octanol–water partition coefficient (Wildman–Crippen LogP) is 2.27. The quantitative estimate of drug-likeness (QED) is 0.582. The van der Waals surface area contributed by atoms with Crippen molar-refractivity contribution in [1.82, 2.24) is 8.87 Å². The Morgan fingerprint density at radius 2 is 2.10 bits per heavy atom. The average molecular weight is 504 g/mol. The number of thiazole rings is 1. The van der Waals surface area contributed by atoms with E-state index in [-0.39, 0.29) is 13.2 Å². The van der Waals surface area contributed by atoms with Crippen molar-refractivity contribution in [3.63, 3.8) is 0 Å². The highest BCUT2D eigenvalue weighted by atomic mass is 79.9. The molecule has 1 aromatic carbocycles. The summed E-state index contributed by atoms with van der Waals surface area (Å²) in [7, 11) is -3.51. The Morgan fingerprint density at radius 3 is 2.79 bits per heavy atom. The maximum atomic E-state index is 12.9. The lowest BCUT2D eigenvalue weighted by molar-refractivity contribution is -0.143. The molecule has 0 spiro atoms. The Labute approximate surface area is 181 Å². The number of ether oxygens (including phenoxy) is 1. The Balaban J connectivity index is 2.06. The molecular formula is C18H22BrN3O5S2. The number of amides is 1. The lowest BCUT2D eigenvalue weighted by Gasteiger charge is -2.31. The minimum absolute atomic E-state index is 0.0813. The molecule has 8 nitrogen and oxygen atoms in total. The van der Waals surface area contributed by atoms with Gasteiger partial charge in [0.1, 0.15) is 12.6 Å². The monoisotopic (exact) mass is 503 g/mol. The molecule has 1 aromatic heterocycles. The van der Waals surface area contributed by atoms with Crippen LogP contribution in [0.15, 0.2) is 27.7 Å². The topological polar surface area (TPSA) is 98.0 Å². The van der Waals surface area contributed by atoms with E-state index in [0.717, 1.165) is 33.8 Å². The number of hydrogen-bond acceptors (Lipinski definition) is 6. The third-order valence-corrected chi connectivity index (χ3v) is 7.43. The minimum Gasteiger partial charge on any atom is -0.465 e. The molecule has 1 saturated heterocycles. The van der Waals surface area contributed by atoms with Crippen LogP contribution in [0, 0.1) is 0 Å². The van der Waals surface area contributed by atoms with Crippen LogP contribution in [0.25, 0.3) is 10.2 Å². The van der Waals surface area contributed by atoms with Gasteiger partial charge >= 0.3 is 5.97 Å². The van der Waals surface area contributed by atoms with Gasteiger partial charge in [-0.05, 0) is 38.0 Å². The molecule has 0 bridgehead atoms. The molecule has 0 aliphatic carbocycles. The molecule has 2 heterocycles. The molecule has 3 rings (SSSR count). The van der Waals surface area contributed by atoms with Gasteiger partial charge in [0.2, 0.25) is 10.0 Å². The fourth-order valence-corrected chi connectivity index (χ4v) is 6.04. The highest BCUT2D eigenvalue weighted by Crippen LogP contribution is 2.24. The number of carbonyl (C=O) groups is 2. The molecule has 1 atom stereocenters. The van der Waals surface area contributed by atoms with E-state index in [1.807, 2.05) is 18.2 Å². The van der Waals surface area contributed by atoms with Gasteiger partial charge in [-0.15, -0.1) is 0 Å². The first-order valence-electron chi connectivity index (χ1n) is 9.20. The molecular weight excluding hydrogens is 482 g/mol. The van der Waals surface area contributed by atoms with Crippen molar-refractivity contribution in [2.24, 2.45) is 4.99 Å². The van der Waals surface area contributed by atoms with Gasteiger partial charge in [-0.1, -0.05) is 33.7 Å². The van der Waals surface area contributed by atoms with E-state index in [4.69, 9.17) is 4.74 Å². The lowest BCUT2D eigenvalue weighted by Crippen LogP contribution is -2.47. The highest BCUT2D eigenvalue weighted by molar-refractivity contribution is 9.10. The van der Waals surface area contributed by atoms with Crippen molar-refractivity contribution in [1.29, 1.82) is 0 Å². The van der Waals surface area contributed by atoms with Crippen molar-refractivity contribution in [2.45, 2.75) is 38.8 Å². The van der Waals surface area contributed by atoms with E-state index >= 15 is 0 Å². The summed E-state index contributed by atoms with van der Waals surface area (Å²) < 4.78 is 33.8. The zero-order valence-corrected chi connectivity index (χ0v) is 19.3. The SMILES string of the molecule is CCOC(=O)Cn1c(=NC(=O)C2CCCCN2S(C)(=O)=O)sc2cc(Br)ccc21. The number of fused-ring (bicyclic) bond motifs is 1. The number of sulfonamides is 1. The van der Waals surface area contributed by atoms with E-state index in [9.17, 15) is 18.0 Å². The third kappa shape index (κ3) is 5.14. The average Bonchev–Trinajstić information content (AvgIpc) is 2.97. The Kier molecular flexibility index (Phi) is 6.92. The van der Waals surface area contributed by atoms with E-state index < -0.39 is 27.9 Å². The number of rotatable bonds is 5. The molecule has 2 aromatic rings. The molecule has 11 heteroatoms. The number of benzene rings is 1. The van der Waals surface area contributed by atoms with Crippen molar-refractivity contribution >= 4 is 59.4 Å². The molecule has 1 aliphatic heterocycles. The summed E-state index contributed by atoms with van der Waals surface area (Å²) in [5.74, 6) is -0.946. The molecule has 1 fully saturated rings.